The molecule has 0 radical (unpaired) electrons. The highest BCUT2D eigenvalue weighted by atomic mass is 19.4. The number of amides is 2. The monoisotopic (exact) mass is 643 g/mol. The van der Waals surface area contributed by atoms with Crippen molar-refractivity contribution in [3.05, 3.63) is 59.5 Å². The fourth-order valence-corrected chi connectivity index (χ4v) is 5.25. The number of ether oxygens (including phenoxy) is 2. The van der Waals surface area contributed by atoms with E-state index in [1.165, 1.54) is 11.0 Å². The summed E-state index contributed by atoms with van der Waals surface area (Å²) < 4.78 is 52.7. The zero-order valence-corrected chi connectivity index (χ0v) is 26.7. The number of alkyl halides is 3. The molecule has 1 N–H and O–H groups in total. The number of rotatable bonds is 12. The van der Waals surface area contributed by atoms with Crippen molar-refractivity contribution in [1.82, 2.24) is 30.1 Å². The van der Waals surface area contributed by atoms with E-state index in [0.717, 1.165) is 6.07 Å². The summed E-state index contributed by atoms with van der Waals surface area (Å²) in [6.07, 6.45) is -2.67. The Morgan fingerprint density at radius 1 is 1.02 bits per heavy atom. The van der Waals surface area contributed by atoms with Gasteiger partial charge in [-0.15, -0.1) is 0 Å². The molecule has 1 fully saturated rings. The van der Waals surface area contributed by atoms with Crippen LogP contribution < -0.4 is 19.7 Å². The molecule has 248 valence electrons. The summed E-state index contributed by atoms with van der Waals surface area (Å²) >= 11 is 0. The number of hydrogen-bond acceptors (Lipinski definition) is 9. The molecular formula is C32H40F3N7O4. The SMILES string of the molecule is CCOc1ccc(C(=O)N2CCN(c3ccc(-c4cccnc4OCC)nc3C(=O)NCCN(C)C)[C@H](CC)C2)c(C(F)(F)F)n1. The number of aromatic nitrogens is 3. The van der Waals surface area contributed by atoms with Crippen molar-refractivity contribution in [1.29, 1.82) is 0 Å². The summed E-state index contributed by atoms with van der Waals surface area (Å²) in [6, 6.07) is 9.26. The molecule has 0 aliphatic carbocycles. The summed E-state index contributed by atoms with van der Waals surface area (Å²) in [6.45, 7) is 7.50. The highest BCUT2D eigenvalue weighted by Crippen LogP contribution is 2.34. The minimum atomic E-state index is -4.84. The molecule has 0 saturated carbocycles. The van der Waals surface area contributed by atoms with Crippen molar-refractivity contribution in [2.75, 3.05) is 64.9 Å². The topological polar surface area (TPSA) is 113 Å². The Labute approximate surface area is 266 Å². The van der Waals surface area contributed by atoms with E-state index in [1.54, 1.807) is 25.3 Å². The number of anilines is 1. The van der Waals surface area contributed by atoms with Gasteiger partial charge in [-0.2, -0.15) is 13.2 Å². The second kappa shape index (κ2) is 15.2. The third-order valence-corrected chi connectivity index (χ3v) is 7.47. The van der Waals surface area contributed by atoms with Gasteiger partial charge >= 0.3 is 6.18 Å². The first-order valence-corrected chi connectivity index (χ1v) is 15.3. The average Bonchev–Trinajstić information content (AvgIpc) is 3.04. The lowest BCUT2D eigenvalue weighted by Gasteiger charge is -2.43. The van der Waals surface area contributed by atoms with Crippen molar-refractivity contribution in [2.45, 2.75) is 39.4 Å². The lowest BCUT2D eigenvalue weighted by Crippen LogP contribution is -2.55. The maximum absolute atomic E-state index is 13.9. The Bertz CT molecular complexity index is 1520. The van der Waals surface area contributed by atoms with Gasteiger partial charge in [0.15, 0.2) is 11.4 Å². The van der Waals surface area contributed by atoms with Crippen LogP contribution in [0.5, 0.6) is 11.8 Å². The van der Waals surface area contributed by atoms with Gasteiger partial charge in [0.2, 0.25) is 11.8 Å². The number of likely N-dealkylation sites (N-methyl/N-ethyl adjacent to an activating group) is 1. The fraction of sp³-hybridized carbons (Fsp3) is 0.469. The van der Waals surface area contributed by atoms with Crippen LogP contribution in [0.2, 0.25) is 0 Å². The number of carbonyl (C=O) groups excluding carboxylic acids is 2. The van der Waals surface area contributed by atoms with E-state index in [2.05, 4.69) is 15.3 Å². The van der Waals surface area contributed by atoms with Crippen molar-refractivity contribution in [3.63, 3.8) is 0 Å². The smallest absolute Gasteiger partial charge is 0.434 e. The molecule has 4 rings (SSSR count). The lowest BCUT2D eigenvalue weighted by molar-refractivity contribution is -0.141. The Morgan fingerprint density at radius 3 is 2.46 bits per heavy atom. The molecule has 14 heteroatoms. The summed E-state index contributed by atoms with van der Waals surface area (Å²) in [7, 11) is 3.81. The summed E-state index contributed by atoms with van der Waals surface area (Å²) in [4.78, 5) is 45.1. The first-order valence-electron chi connectivity index (χ1n) is 15.3. The molecule has 1 aliphatic heterocycles. The molecule has 1 saturated heterocycles. The number of carbonyl (C=O) groups is 2. The van der Waals surface area contributed by atoms with Gasteiger partial charge in [-0.1, -0.05) is 6.92 Å². The standard InChI is InChI=1S/C32H40F3N7O4/c1-6-21-20-41(31(44)23-11-14-26(45-7-2)39-28(23)32(33,34)35)18-19-42(21)25-13-12-24(22-10-9-15-37-30(22)46-8-3)38-27(25)29(43)36-16-17-40(4)5/h9-15,21H,6-8,16-20H2,1-5H3,(H,36,43)/t21-/m1/s1. The molecule has 46 heavy (non-hydrogen) atoms. The summed E-state index contributed by atoms with van der Waals surface area (Å²) in [5, 5.41) is 2.94. The quantitative estimate of drug-likeness (QED) is 0.307. The number of nitrogens with one attached hydrogen (secondary N) is 1. The van der Waals surface area contributed by atoms with Crippen molar-refractivity contribution < 1.29 is 32.2 Å². The Hall–Kier alpha value is -4.46. The van der Waals surface area contributed by atoms with Crippen LogP contribution in [-0.4, -0.2) is 103 Å². The molecule has 11 nitrogen and oxygen atoms in total. The molecule has 0 spiro atoms. The van der Waals surface area contributed by atoms with Gasteiger partial charge < -0.3 is 29.5 Å². The number of hydrogen-bond donors (Lipinski definition) is 1. The molecule has 3 aromatic rings. The van der Waals surface area contributed by atoms with Gasteiger partial charge in [0, 0.05) is 51.0 Å². The fourth-order valence-electron chi connectivity index (χ4n) is 5.25. The third-order valence-electron chi connectivity index (χ3n) is 7.47. The predicted molar refractivity (Wildman–Crippen MR) is 167 cm³/mol. The van der Waals surface area contributed by atoms with Crippen LogP contribution in [0.3, 0.4) is 0 Å². The molecule has 1 atom stereocenters. The van der Waals surface area contributed by atoms with Crippen molar-refractivity contribution in [2.24, 2.45) is 0 Å². The minimum absolute atomic E-state index is 0.125. The Morgan fingerprint density at radius 2 is 1.78 bits per heavy atom. The first kappa shape index (κ1) is 34.4. The molecule has 0 bridgehead atoms. The lowest BCUT2D eigenvalue weighted by atomic mass is 10.0. The van der Waals surface area contributed by atoms with Crippen LogP contribution in [0.4, 0.5) is 18.9 Å². The van der Waals surface area contributed by atoms with E-state index in [9.17, 15) is 22.8 Å². The van der Waals surface area contributed by atoms with Crippen molar-refractivity contribution >= 4 is 17.5 Å². The Balaban J connectivity index is 1.66. The van der Waals surface area contributed by atoms with Gasteiger partial charge in [-0.05, 0) is 64.7 Å². The number of pyridine rings is 3. The summed E-state index contributed by atoms with van der Waals surface area (Å²) in [5.41, 5.74) is 0.0687. The molecule has 1 aliphatic rings. The highest BCUT2D eigenvalue weighted by molar-refractivity contribution is 5.99. The van der Waals surface area contributed by atoms with E-state index >= 15 is 0 Å². The minimum Gasteiger partial charge on any atom is -0.478 e. The van der Waals surface area contributed by atoms with Crippen LogP contribution in [0, 0.1) is 0 Å². The van der Waals surface area contributed by atoms with E-state index < -0.39 is 23.3 Å². The second-order valence-electron chi connectivity index (χ2n) is 10.9. The third kappa shape index (κ3) is 8.03. The molecule has 4 heterocycles. The van der Waals surface area contributed by atoms with E-state index in [1.807, 2.05) is 49.9 Å². The van der Waals surface area contributed by atoms with E-state index in [0.29, 0.717) is 48.9 Å². The van der Waals surface area contributed by atoms with E-state index in [-0.39, 0.29) is 49.8 Å². The van der Waals surface area contributed by atoms with Crippen LogP contribution in [0.15, 0.2) is 42.6 Å². The van der Waals surface area contributed by atoms with Crippen LogP contribution in [0.1, 0.15) is 53.7 Å². The maximum Gasteiger partial charge on any atom is 0.434 e. The number of nitrogens with zero attached hydrogens (tertiary/aromatic N) is 6. The predicted octanol–water partition coefficient (Wildman–Crippen LogP) is 4.39. The Kier molecular flexibility index (Phi) is 11.4. The van der Waals surface area contributed by atoms with Crippen LogP contribution >= 0.6 is 0 Å². The molecular weight excluding hydrogens is 603 g/mol. The molecule has 3 aromatic heterocycles. The number of halogens is 3. The second-order valence-corrected chi connectivity index (χ2v) is 10.9. The molecule has 0 aromatic carbocycles. The zero-order valence-electron chi connectivity index (χ0n) is 26.7. The van der Waals surface area contributed by atoms with E-state index in [4.69, 9.17) is 14.5 Å². The largest absolute Gasteiger partial charge is 0.478 e. The number of piperazine rings is 1. The van der Waals surface area contributed by atoms with Gasteiger partial charge in [0.25, 0.3) is 11.8 Å². The van der Waals surface area contributed by atoms with Crippen LogP contribution in [0.25, 0.3) is 11.3 Å². The van der Waals surface area contributed by atoms with Crippen LogP contribution in [-0.2, 0) is 6.18 Å². The molecule has 0 unspecified atom stereocenters. The molecule has 2 amide bonds. The van der Waals surface area contributed by atoms with Gasteiger partial charge in [-0.25, -0.2) is 15.0 Å². The summed E-state index contributed by atoms with van der Waals surface area (Å²) in [5.74, 6) is -0.945. The van der Waals surface area contributed by atoms with Gasteiger partial charge in [0.1, 0.15) is 0 Å². The van der Waals surface area contributed by atoms with Gasteiger partial charge in [-0.3, -0.25) is 9.59 Å². The first-order chi connectivity index (χ1) is 22.0. The van der Waals surface area contributed by atoms with Gasteiger partial charge in [0.05, 0.1) is 35.7 Å². The maximum atomic E-state index is 13.9. The normalized spacial score (nSPS) is 15.2. The average molecular weight is 644 g/mol. The van der Waals surface area contributed by atoms with Crippen molar-refractivity contribution in [3.8, 4) is 23.0 Å². The highest BCUT2D eigenvalue weighted by Gasteiger charge is 2.40. The zero-order chi connectivity index (χ0) is 33.4.